The maximum absolute atomic E-state index is 10.6. The van der Waals surface area contributed by atoms with Crippen LogP contribution >= 0.6 is 11.8 Å². The molecule has 0 spiro atoms. The van der Waals surface area contributed by atoms with Crippen LogP contribution in [-0.2, 0) is 5.75 Å². The summed E-state index contributed by atoms with van der Waals surface area (Å²) < 4.78 is 0. The van der Waals surface area contributed by atoms with Gasteiger partial charge >= 0.3 is 0 Å². The molecule has 7 heteroatoms. The molecule has 2 N–H and O–H groups in total. The minimum absolute atomic E-state index is 0.0691. The number of hydrogen-bond acceptors (Lipinski definition) is 6. The number of nitro groups is 1. The van der Waals surface area contributed by atoms with Crippen LogP contribution in [0.5, 0.6) is 0 Å². The highest BCUT2D eigenvalue weighted by Crippen LogP contribution is 2.25. The summed E-state index contributed by atoms with van der Waals surface area (Å²) in [5, 5.41) is 11.3. The number of hydrogen-bond donors (Lipinski definition) is 1. The average molecular weight is 276 g/mol. The van der Waals surface area contributed by atoms with E-state index in [1.54, 1.807) is 24.5 Å². The van der Waals surface area contributed by atoms with E-state index in [4.69, 9.17) is 5.73 Å². The van der Waals surface area contributed by atoms with E-state index >= 15 is 0 Å². The largest absolute Gasteiger partial charge is 0.393 e. The molecule has 0 aliphatic rings. The smallest absolute Gasteiger partial charge is 0.292 e. The number of thioether (sulfide) groups is 1. The second-order valence-electron chi connectivity index (χ2n) is 3.98. The third kappa shape index (κ3) is 3.41. The van der Waals surface area contributed by atoms with Gasteiger partial charge in [-0.2, -0.15) is 0 Å². The van der Waals surface area contributed by atoms with Gasteiger partial charge in [0.25, 0.3) is 5.69 Å². The minimum Gasteiger partial charge on any atom is -0.393 e. The molecule has 98 valence electrons. The van der Waals surface area contributed by atoms with Crippen LogP contribution in [0.4, 0.5) is 11.4 Å². The van der Waals surface area contributed by atoms with Crippen LogP contribution in [-0.4, -0.2) is 14.9 Å². The lowest BCUT2D eigenvalue weighted by molar-refractivity contribution is -0.383. The lowest BCUT2D eigenvalue weighted by Crippen LogP contribution is -1.96. The molecule has 1 aromatic heterocycles. The van der Waals surface area contributed by atoms with Crippen molar-refractivity contribution in [2.75, 3.05) is 5.73 Å². The average Bonchev–Trinajstić information content (AvgIpc) is 2.37. The molecule has 0 fully saturated rings. The minimum atomic E-state index is -0.491. The predicted octanol–water partition coefficient (Wildman–Crippen LogP) is 2.57. The Morgan fingerprint density at radius 3 is 2.63 bits per heavy atom. The molecular formula is C12H12N4O2S. The molecule has 1 aromatic carbocycles. The number of nitro benzene ring substituents is 1. The second-order valence-corrected chi connectivity index (χ2v) is 4.92. The fourth-order valence-corrected chi connectivity index (χ4v) is 2.19. The third-order valence-electron chi connectivity index (χ3n) is 2.41. The zero-order chi connectivity index (χ0) is 13.8. The number of aromatic nitrogens is 2. The Morgan fingerprint density at radius 1 is 1.37 bits per heavy atom. The molecular weight excluding hydrogens is 264 g/mol. The predicted molar refractivity (Wildman–Crippen MR) is 73.8 cm³/mol. The van der Waals surface area contributed by atoms with Gasteiger partial charge in [-0.1, -0.05) is 17.8 Å². The van der Waals surface area contributed by atoms with Crippen molar-refractivity contribution in [3.63, 3.8) is 0 Å². The monoisotopic (exact) mass is 276 g/mol. The molecule has 0 aliphatic carbocycles. The number of nitrogens with zero attached hydrogens (tertiary/aromatic N) is 3. The van der Waals surface area contributed by atoms with Crippen LogP contribution in [0, 0.1) is 17.0 Å². The molecule has 0 unspecified atom stereocenters. The summed E-state index contributed by atoms with van der Waals surface area (Å²) >= 11 is 1.46. The standard InChI is InChI=1S/C12H12N4O2S/c1-8-5-14-12(15-6-8)19-7-9-2-3-11(16(17)18)10(13)4-9/h2-6H,7,13H2,1H3. The highest BCUT2D eigenvalue weighted by atomic mass is 32.2. The van der Waals surface area contributed by atoms with Crippen LogP contribution in [0.25, 0.3) is 0 Å². The van der Waals surface area contributed by atoms with E-state index in [1.165, 1.54) is 17.8 Å². The molecule has 2 aromatic rings. The van der Waals surface area contributed by atoms with Crippen LogP contribution in [0.2, 0.25) is 0 Å². The Bertz CT molecular complexity index is 601. The molecule has 0 aliphatic heterocycles. The van der Waals surface area contributed by atoms with Crippen LogP contribution < -0.4 is 5.73 Å². The summed E-state index contributed by atoms with van der Waals surface area (Å²) in [6.07, 6.45) is 3.50. The number of anilines is 1. The topological polar surface area (TPSA) is 94.9 Å². The molecule has 1 heterocycles. The number of aryl methyl sites for hydroxylation is 1. The van der Waals surface area contributed by atoms with E-state index in [-0.39, 0.29) is 11.4 Å². The number of rotatable bonds is 4. The summed E-state index contributed by atoms with van der Waals surface area (Å²) in [5.74, 6) is 0.616. The highest BCUT2D eigenvalue weighted by molar-refractivity contribution is 7.98. The first kappa shape index (κ1) is 13.3. The Hall–Kier alpha value is -2.15. The molecule has 19 heavy (non-hydrogen) atoms. The molecule has 0 saturated heterocycles. The van der Waals surface area contributed by atoms with E-state index in [9.17, 15) is 10.1 Å². The Labute approximate surface area is 114 Å². The fraction of sp³-hybridized carbons (Fsp3) is 0.167. The van der Waals surface area contributed by atoms with Gasteiger partial charge in [0.2, 0.25) is 0 Å². The van der Waals surface area contributed by atoms with Gasteiger partial charge in [0.15, 0.2) is 5.16 Å². The summed E-state index contributed by atoms with van der Waals surface area (Å²) in [7, 11) is 0. The molecule has 0 saturated carbocycles. The first-order chi connectivity index (χ1) is 9.06. The van der Waals surface area contributed by atoms with Gasteiger partial charge in [-0.05, 0) is 24.1 Å². The van der Waals surface area contributed by atoms with Crippen LogP contribution in [0.15, 0.2) is 35.7 Å². The van der Waals surface area contributed by atoms with E-state index in [2.05, 4.69) is 9.97 Å². The normalized spacial score (nSPS) is 10.4. The summed E-state index contributed by atoms with van der Waals surface area (Å²) in [4.78, 5) is 18.5. The van der Waals surface area contributed by atoms with Crippen molar-refractivity contribution in [3.8, 4) is 0 Å². The van der Waals surface area contributed by atoms with Crippen molar-refractivity contribution in [1.29, 1.82) is 0 Å². The number of benzene rings is 1. The first-order valence-electron chi connectivity index (χ1n) is 5.50. The quantitative estimate of drug-likeness (QED) is 0.303. The van der Waals surface area contributed by atoms with E-state index in [1.807, 2.05) is 6.92 Å². The van der Waals surface area contributed by atoms with Crippen molar-refractivity contribution >= 4 is 23.1 Å². The van der Waals surface area contributed by atoms with Gasteiger partial charge in [0, 0.05) is 24.2 Å². The molecule has 6 nitrogen and oxygen atoms in total. The Kier molecular flexibility index (Phi) is 3.96. The van der Waals surface area contributed by atoms with Gasteiger partial charge in [0.05, 0.1) is 4.92 Å². The van der Waals surface area contributed by atoms with Crippen LogP contribution in [0.1, 0.15) is 11.1 Å². The molecule has 0 atom stereocenters. The van der Waals surface area contributed by atoms with Crippen LogP contribution in [0.3, 0.4) is 0 Å². The zero-order valence-electron chi connectivity index (χ0n) is 10.2. The van der Waals surface area contributed by atoms with Crippen molar-refractivity contribution in [2.24, 2.45) is 0 Å². The van der Waals surface area contributed by atoms with Gasteiger partial charge in [0.1, 0.15) is 5.69 Å². The molecule has 0 radical (unpaired) electrons. The molecule has 0 bridgehead atoms. The second kappa shape index (κ2) is 5.66. The lowest BCUT2D eigenvalue weighted by atomic mass is 10.2. The van der Waals surface area contributed by atoms with E-state index in [0.29, 0.717) is 10.9 Å². The third-order valence-corrected chi connectivity index (χ3v) is 3.36. The van der Waals surface area contributed by atoms with Crippen molar-refractivity contribution < 1.29 is 4.92 Å². The summed E-state index contributed by atoms with van der Waals surface area (Å²) in [6, 6.07) is 4.72. The fourth-order valence-electron chi connectivity index (χ4n) is 1.46. The van der Waals surface area contributed by atoms with Gasteiger partial charge in [-0.25, -0.2) is 9.97 Å². The molecule has 0 amide bonds. The summed E-state index contributed by atoms with van der Waals surface area (Å²) in [6.45, 7) is 1.92. The van der Waals surface area contributed by atoms with Crippen molar-refractivity contribution in [3.05, 3.63) is 51.8 Å². The Morgan fingerprint density at radius 2 is 2.05 bits per heavy atom. The number of nitrogens with two attached hydrogens (primary N) is 1. The van der Waals surface area contributed by atoms with Crippen molar-refractivity contribution in [2.45, 2.75) is 17.8 Å². The zero-order valence-corrected chi connectivity index (χ0v) is 11.1. The summed E-state index contributed by atoms with van der Waals surface area (Å²) in [5.41, 5.74) is 7.64. The lowest BCUT2D eigenvalue weighted by Gasteiger charge is -2.03. The maximum Gasteiger partial charge on any atom is 0.292 e. The van der Waals surface area contributed by atoms with E-state index < -0.39 is 4.92 Å². The Balaban J connectivity index is 2.06. The maximum atomic E-state index is 10.6. The first-order valence-corrected chi connectivity index (χ1v) is 6.49. The van der Waals surface area contributed by atoms with Gasteiger partial charge < -0.3 is 5.73 Å². The molecule has 2 rings (SSSR count). The van der Waals surface area contributed by atoms with E-state index in [0.717, 1.165) is 11.1 Å². The van der Waals surface area contributed by atoms with Gasteiger partial charge in [-0.15, -0.1) is 0 Å². The van der Waals surface area contributed by atoms with Gasteiger partial charge in [-0.3, -0.25) is 10.1 Å². The highest BCUT2D eigenvalue weighted by Gasteiger charge is 2.11. The SMILES string of the molecule is Cc1cnc(SCc2ccc([N+](=O)[O-])c(N)c2)nc1. The number of nitrogen functional groups attached to an aromatic ring is 1. The van der Waals surface area contributed by atoms with Crippen molar-refractivity contribution in [1.82, 2.24) is 9.97 Å².